The summed E-state index contributed by atoms with van der Waals surface area (Å²) in [6.07, 6.45) is 1.30. The maximum Gasteiger partial charge on any atom is 0.335 e. The number of carboxylic acids is 1. The molecule has 0 radical (unpaired) electrons. The molecule has 1 aliphatic heterocycles. The van der Waals surface area contributed by atoms with Crippen molar-refractivity contribution in [2.24, 2.45) is 0 Å². The average molecular weight is 555 g/mol. The number of nitrogens with zero attached hydrogens (tertiary/aromatic N) is 1. The molecule has 194 valence electrons. The highest BCUT2D eigenvalue weighted by molar-refractivity contribution is 6.39. The second kappa shape index (κ2) is 11.4. The highest BCUT2D eigenvalue weighted by atomic mass is 35.5. The summed E-state index contributed by atoms with van der Waals surface area (Å²) in [5.41, 5.74) is 1.11. The van der Waals surface area contributed by atoms with E-state index in [4.69, 9.17) is 37.8 Å². The summed E-state index contributed by atoms with van der Waals surface area (Å²) in [6, 6.07) is 14.4. The molecule has 9 nitrogen and oxygen atoms in total. The Morgan fingerprint density at radius 1 is 1.03 bits per heavy atom. The van der Waals surface area contributed by atoms with Crippen molar-refractivity contribution in [2.45, 2.75) is 13.5 Å². The van der Waals surface area contributed by atoms with Gasteiger partial charge in [-0.3, -0.25) is 14.9 Å². The van der Waals surface area contributed by atoms with Gasteiger partial charge in [0.25, 0.3) is 11.8 Å². The maximum atomic E-state index is 13.2. The van der Waals surface area contributed by atoms with Gasteiger partial charge in [0.1, 0.15) is 12.2 Å². The van der Waals surface area contributed by atoms with E-state index in [1.807, 2.05) is 0 Å². The van der Waals surface area contributed by atoms with Crippen molar-refractivity contribution in [3.05, 3.63) is 93.0 Å². The number of anilines is 1. The first-order chi connectivity index (χ1) is 18.2. The molecule has 0 aromatic heterocycles. The molecule has 3 aromatic carbocycles. The first-order valence-electron chi connectivity index (χ1n) is 11.3. The molecule has 0 atom stereocenters. The van der Waals surface area contributed by atoms with E-state index < -0.39 is 23.8 Å². The number of barbiturate groups is 1. The van der Waals surface area contributed by atoms with Gasteiger partial charge in [-0.2, -0.15) is 0 Å². The number of imide groups is 2. The topological polar surface area (TPSA) is 122 Å². The maximum absolute atomic E-state index is 13.2. The number of nitrogens with one attached hydrogen (secondary N) is 1. The number of carboxylic acid groups (broad SMARTS) is 1. The molecule has 0 spiro atoms. The molecule has 3 aromatic rings. The van der Waals surface area contributed by atoms with Gasteiger partial charge in [-0.15, -0.1) is 0 Å². The van der Waals surface area contributed by atoms with E-state index in [1.54, 1.807) is 37.3 Å². The van der Waals surface area contributed by atoms with Crippen LogP contribution < -0.4 is 19.7 Å². The van der Waals surface area contributed by atoms with Crippen molar-refractivity contribution in [1.29, 1.82) is 0 Å². The predicted molar refractivity (Wildman–Crippen MR) is 141 cm³/mol. The van der Waals surface area contributed by atoms with Gasteiger partial charge in [-0.05, 0) is 66.6 Å². The molecule has 0 saturated carbocycles. The molecule has 1 heterocycles. The molecule has 0 unspecified atom stereocenters. The number of halogens is 2. The van der Waals surface area contributed by atoms with Crippen LogP contribution in [0.4, 0.5) is 10.5 Å². The third-order valence-electron chi connectivity index (χ3n) is 5.39. The van der Waals surface area contributed by atoms with Crippen LogP contribution in [0.25, 0.3) is 6.08 Å². The summed E-state index contributed by atoms with van der Waals surface area (Å²) < 4.78 is 11.5. The zero-order valence-electron chi connectivity index (χ0n) is 19.9. The van der Waals surface area contributed by atoms with Crippen LogP contribution in [0.15, 0.2) is 66.2 Å². The molecule has 38 heavy (non-hydrogen) atoms. The number of hydrogen-bond donors (Lipinski definition) is 2. The standard InChI is InChI=1S/C27H20Cl2N2O7/c1-2-37-22-12-16(11-21(29)23(22)38-14-15-6-8-17(9-7-15)26(34)35)10-20-24(32)30-27(36)31(25(20)33)19-5-3-4-18(28)13-19/h3-13H,2,14H2,1H3,(H,34,35)(H,30,32,36)/b20-10+. The summed E-state index contributed by atoms with van der Waals surface area (Å²) in [6.45, 7) is 2.12. The van der Waals surface area contributed by atoms with E-state index >= 15 is 0 Å². The van der Waals surface area contributed by atoms with Crippen molar-refractivity contribution in [3.8, 4) is 11.5 Å². The number of amides is 4. The highest BCUT2D eigenvalue weighted by Crippen LogP contribution is 2.38. The lowest BCUT2D eigenvalue weighted by Crippen LogP contribution is -2.54. The summed E-state index contributed by atoms with van der Waals surface area (Å²) in [5.74, 6) is -2.24. The number of carbonyl (C=O) groups is 4. The van der Waals surface area contributed by atoms with Gasteiger partial charge in [0, 0.05) is 5.02 Å². The van der Waals surface area contributed by atoms with E-state index in [1.165, 1.54) is 36.4 Å². The van der Waals surface area contributed by atoms with E-state index in [2.05, 4.69) is 5.32 Å². The van der Waals surface area contributed by atoms with Gasteiger partial charge in [0.2, 0.25) is 0 Å². The fourth-order valence-corrected chi connectivity index (χ4v) is 4.11. The summed E-state index contributed by atoms with van der Waals surface area (Å²) in [7, 11) is 0. The Kier molecular flexibility index (Phi) is 7.99. The molecule has 1 fully saturated rings. The first kappa shape index (κ1) is 26.7. The molecule has 1 saturated heterocycles. The van der Waals surface area contributed by atoms with Crippen LogP contribution in [-0.2, 0) is 16.2 Å². The van der Waals surface area contributed by atoms with E-state index in [-0.39, 0.29) is 46.6 Å². The van der Waals surface area contributed by atoms with Gasteiger partial charge in [-0.1, -0.05) is 41.4 Å². The van der Waals surface area contributed by atoms with Crippen molar-refractivity contribution in [2.75, 3.05) is 11.5 Å². The fourth-order valence-electron chi connectivity index (χ4n) is 3.65. The molecule has 11 heteroatoms. The van der Waals surface area contributed by atoms with Crippen molar-refractivity contribution >= 4 is 58.8 Å². The normalized spacial score (nSPS) is 14.4. The zero-order valence-corrected chi connectivity index (χ0v) is 21.4. The molecular weight excluding hydrogens is 535 g/mol. The number of benzene rings is 3. The van der Waals surface area contributed by atoms with Gasteiger partial charge >= 0.3 is 12.0 Å². The van der Waals surface area contributed by atoms with E-state index in [0.717, 1.165) is 4.90 Å². The van der Waals surface area contributed by atoms with Gasteiger partial charge in [0.15, 0.2) is 11.5 Å². The van der Waals surface area contributed by atoms with Crippen LogP contribution in [0.5, 0.6) is 11.5 Å². The van der Waals surface area contributed by atoms with Crippen LogP contribution in [0, 0.1) is 0 Å². The van der Waals surface area contributed by atoms with Gasteiger partial charge in [-0.25, -0.2) is 14.5 Å². The lowest BCUT2D eigenvalue weighted by atomic mass is 10.1. The zero-order chi connectivity index (χ0) is 27.4. The number of hydrogen-bond acceptors (Lipinski definition) is 6. The fraction of sp³-hybridized carbons (Fsp3) is 0.111. The number of urea groups is 1. The summed E-state index contributed by atoms with van der Waals surface area (Å²) in [5, 5.41) is 11.7. The third-order valence-corrected chi connectivity index (χ3v) is 5.91. The molecule has 4 rings (SSSR count). The lowest BCUT2D eigenvalue weighted by molar-refractivity contribution is -0.122. The van der Waals surface area contributed by atoms with E-state index in [9.17, 15) is 19.2 Å². The molecule has 0 bridgehead atoms. The first-order valence-corrected chi connectivity index (χ1v) is 12.0. The quantitative estimate of drug-likeness (QED) is 0.284. The Balaban J connectivity index is 1.63. The Morgan fingerprint density at radius 3 is 2.42 bits per heavy atom. The summed E-state index contributed by atoms with van der Waals surface area (Å²) >= 11 is 12.5. The van der Waals surface area contributed by atoms with Crippen LogP contribution in [0.2, 0.25) is 10.0 Å². The largest absolute Gasteiger partial charge is 0.490 e. The summed E-state index contributed by atoms with van der Waals surface area (Å²) in [4.78, 5) is 50.0. The monoisotopic (exact) mass is 554 g/mol. The van der Waals surface area contributed by atoms with E-state index in [0.29, 0.717) is 16.1 Å². The minimum atomic E-state index is -1.03. The predicted octanol–water partition coefficient (Wildman–Crippen LogP) is 5.34. The molecule has 1 aliphatic rings. The number of aromatic carboxylic acids is 1. The van der Waals surface area contributed by atoms with Crippen LogP contribution in [0.3, 0.4) is 0 Å². The Hall–Kier alpha value is -4.34. The second-order valence-corrected chi connectivity index (χ2v) is 8.84. The number of ether oxygens (including phenoxy) is 2. The second-order valence-electron chi connectivity index (χ2n) is 7.99. The van der Waals surface area contributed by atoms with Gasteiger partial charge < -0.3 is 14.6 Å². The van der Waals surface area contributed by atoms with Crippen LogP contribution in [0.1, 0.15) is 28.4 Å². The molecule has 4 amide bonds. The van der Waals surface area contributed by atoms with Crippen LogP contribution >= 0.6 is 23.2 Å². The highest BCUT2D eigenvalue weighted by Gasteiger charge is 2.37. The third kappa shape index (κ3) is 5.80. The SMILES string of the molecule is CCOc1cc(/C=C2\C(=O)NC(=O)N(c3cccc(Cl)c3)C2=O)cc(Cl)c1OCc1ccc(C(=O)O)cc1. The van der Waals surface area contributed by atoms with Gasteiger partial charge in [0.05, 0.1) is 22.9 Å². The number of carbonyl (C=O) groups excluding carboxylic acids is 3. The van der Waals surface area contributed by atoms with Crippen molar-refractivity contribution in [3.63, 3.8) is 0 Å². The van der Waals surface area contributed by atoms with Crippen molar-refractivity contribution < 1.29 is 33.8 Å². The minimum absolute atomic E-state index is 0.0811. The Labute approximate surface area is 227 Å². The van der Waals surface area contributed by atoms with Crippen LogP contribution in [-0.4, -0.2) is 35.5 Å². The molecule has 2 N–H and O–H groups in total. The van der Waals surface area contributed by atoms with Crippen molar-refractivity contribution in [1.82, 2.24) is 5.32 Å². The average Bonchev–Trinajstić information content (AvgIpc) is 2.86. The molecular formula is C27H20Cl2N2O7. The minimum Gasteiger partial charge on any atom is -0.490 e. The number of rotatable bonds is 8. The Bertz CT molecular complexity index is 1470. The molecule has 0 aliphatic carbocycles. The smallest absolute Gasteiger partial charge is 0.335 e. The lowest BCUT2D eigenvalue weighted by Gasteiger charge is -2.26. The Morgan fingerprint density at radius 2 is 1.76 bits per heavy atom.